The van der Waals surface area contributed by atoms with Gasteiger partial charge in [0.2, 0.25) is 5.78 Å². The summed E-state index contributed by atoms with van der Waals surface area (Å²) in [5, 5.41) is 34.4. The molecule has 3 N–H and O–H groups in total. The van der Waals surface area contributed by atoms with E-state index in [1.54, 1.807) is 13.8 Å². The van der Waals surface area contributed by atoms with Crippen molar-refractivity contribution in [3.63, 3.8) is 0 Å². The van der Waals surface area contributed by atoms with Gasteiger partial charge in [-0.25, -0.2) is 0 Å². The van der Waals surface area contributed by atoms with Crippen LogP contribution < -0.4 is 0 Å². The van der Waals surface area contributed by atoms with E-state index in [0.717, 1.165) is 30.4 Å². The van der Waals surface area contributed by atoms with Crippen LogP contribution in [-0.2, 0) is 28.9 Å². The molecule has 0 saturated heterocycles. The lowest BCUT2D eigenvalue weighted by Gasteiger charge is -2.56. The van der Waals surface area contributed by atoms with E-state index in [1.165, 1.54) is 6.92 Å². The van der Waals surface area contributed by atoms with Gasteiger partial charge in [-0.2, -0.15) is 0 Å². The summed E-state index contributed by atoms with van der Waals surface area (Å²) >= 11 is 0. The number of Topliss-reactive ketones (excluding diaryl/α,β-unsaturated/α-hetero) is 3. The quantitative estimate of drug-likeness (QED) is 0.518. The molecule has 6 heteroatoms. The van der Waals surface area contributed by atoms with Crippen LogP contribution in [-0.4, -0.2) is 38.3 Å². The summed E-state index contributed by atoms with van der Waals surface area (Å²) in [7, 11) is 0. The van der Waals surface area contributed by atoms with Crippen LogP contribution in [0.4, 0.5) is 0 Å². The Balaban J connectivity index is 2.00. The van der Waals surface area contributed by atoms with Gasteiger partial charge in [0, 0.05) is 16.4 Å². The second-order valence-electron chi connectivity index (χ2n) is 11.3. The topological polar surface area (TPSA) is 112 Å². The molecule has 188 valence electrons. The van der Waals surface area contributed by atoms with E-state index < -0.39 is 39.5 Å². The molecule has 0 unspecified atom stereocenters. The van der Waals surface area contributed by atoms with Gasteiger partial charge >= 0.3 is 0 Å². The highest BCUT2D eigenvalue weighted by Crippen LogP contribution is 2.62. The number of hydrogen-bond acceptors (Lipinski definition) is 6. The van der Waals surface area contributed by atoms with E-state index in [2.05, 4.69) is 6.92 Å². The molecule has 4 rings (SSSR count). The third kappa shape index (κ3) is 3.29. The van der Waals surface area contributed by atoms with Gasteiger partial charge in [0.05, 0.1) is 11.1 Å². The predicted octanol–water partition coefficient (Wildman–Crippen LogP) is 4.87. The zero-order valence-corrected chi connectivity index (χ0v) is 21.6. The van der Waals surface area contributed by atoms with Crippen molar-refractivity contribution in [1.82, 2.24) is 0 Å². The summed E-state index contributed by atoms with van der Waals surface area (Å²) in [5.41, 5.74) is -1.19. The number of rotatable bonds is 5. The molecule has 35 heavy (non-hydrogen) atoms. The number of phenols is 1. The second-order valence-corrected chi connectivity index (χ2v) is 11.3. The maximum atomic E-state index is 14.0. The van der Waals surface area contributed by atoms with Gasteiger partial charge in [0.25, 0.3) is 0 Å². The Kier molecular flexibility index (Phi) is 5.91. The van der Waals surface area contributed by atoms with Crippen LogP contribution in [0.5, 0.6) is 5.75 Å². The van der Waals surface area contributed by atoms with Crippen LogP contribution in [0.3, 0.4) is 0 Å². The lowest BCUT2D eigenvalue weighted by Crippen LogP contribution is -2.63. The van der Waals surface area contributed by atoms with Gasteiger partial charge in [0.15, 0.2) is 17.2 Å². The Hall–Kier alpha value is -2.73. The average molecular weight is 481 g/mol. The van der Waals surface area contributed by atoms with Crippen molar-refractivity contribution in [1.29, 1.82) is 0 Å². The molecule has 6 nitrogen and oxygen atoms in total. The van der Waals surface area contributed by atoms with Gasteiger partial charge in [-0.1, -0.05) is 45.8 Å². The van der Waals surface area contributed by atoms with E-state index in [4.69, 9.17) is 0 Å². The fourth-order valence-electron chi connectivity index (χ4n) is 7.09. The number of ketones is 3. The first-order valence-electron chi connectivity index (χ1n) is 12.6. The van der Waals surface area contributed by atoms with Crippen molar-refractivity contribution in [3.05, 3.63) is 50.8 Å². The van der Waals surface area contributed by atoms with E-state index in [0.29, 0.717) is 24.0 Å². The molecule has 1 aromatic rings. The Morgan fingerprint density at radius 3 is 2.31 bits per heavy atom. The summed E-state index contributed by atoms with van der Waals surface area (Å²) in [6.07, 6.45) is 4.20. The first kappa shape index (κ1) is 25.4. The number of allylic oxidation sites excluding steroid dienone is 2. The second kappa shape index (κ2) is 8.16. The number of aliphatic hydroxyl groups excluding tert-OH is 1. The summed E-state index contributed by atoms with van der Waals surface area (Å²) in [6.45, 7) is 10.6. The fraction of sp³-hybridized carbons (Fsp3) is 0.552. The Bertz CT molecular complexity index is 1230. The van der Waals surface area contributed by atoms with E-state index >= 15 is 0 Å². The molecule has 0 saturated carbocycles. The minimum Gasteiger partial charge on any atom is -0.508 e. The number of carbonyl (C=O) groups is 3. The molecular weight excluding hydrogens is 444 g/mol. The maximum absolute atomic E-state index is 14.0. The highest BCUT2D eigenvalue weighted by atomic mass is 16.3. The summed E-state index contributed by atoms with van der Waals surface area (Å²) in [4.78, 5) is 39.8. The zero-order chi connectivity index (χ0) is 26.1. The predicted molar refractivity (Wildman–Crippen MR) is 133 cm³/mol. The third-order valence-electron chi connectivity index (χ3n) is 8.61. The molecule has 0 aromatic heterocycles. The first-order valence-corrected chi connectivity index (χ1v) is 12.6. The number of carbonyl (C=O) groups excluding carboxylic acids is 3. The van der Waals surface area contributed by atoms with Crippen molar-refractivity contribution >= 4 is 17.3 Å². The number of phenolic OH excluding ortho intramolecular Hbond substituents is 1. The Labute approximate surface area is 206 Å². The number of hydrogen-bond donors (Lipinski definition) is 3. The lowest BCUT2D eigenvalue weighted by atomic mass is 9.48. The SMILES string of the molecule is CCCCc1cc(CC)c(O)c2c1C[C@]1(C)C[C@]3(C)CC(C)=C(C(C)=O)C(=O)[C@]3(O)C(O)=C1C2=O. The molecule has 0 radical (unpaired) electrons. The molecule has 0 fully saturated rings. The summed E-state index contributed by atoms with van der Waals surface area (Å²) in [5.74, 6) is -2.63. The molecule has 0 spiro atoms. The Morgan fingerprint density at radius 2 is 1.74 bits per heavy atom. The molecular formula is C29H36O6. The number of benzene rings is 1. The number of fused-ring (bicyclic) bond motifs is 3. The van der Waals surface area contributed by atoms with E-state index in [1.807, 2.05) is 19.9 Å². The zero-order valence-electron chi connectivity index (χ0n) is 21.6. The number of unbranched alkanes of at least 4 members (excludes halogenated alkanes) is 1. The minimum absolute atomic E-state index is 0.0224. The Morgan fingerprint density at radius 1 is 1.09 bits per heavy atom. The molecule has 3 aliphatic carbocycles. The van der Waals surface area contributed by atoms with Crippen LogP contribution in [0.2, 0.25) is 0 Å². The number of aryl methyl sites for hydroxylation is 2. The van der Waals surface area contributed by atoms with Gasteiger partial charge in [-0.15, -0.1) is 0 Å². The molecule has 0 bridgehead atoms. The standard InChI is InChI=1S/C29H36O6/c1-7-9-10-18-11-17(8-2)23(31)21-19(18)13-27(5)14-28(6)12-15(3)20(16(4)30)25(33)29(28,35)26(34)22(27)24(21)32/h11,31,34-35H,7-10,12-14H2,1-6H3/t27-,28+,29+/m1/s1. The highest BCUT2D eigenvalue weighted by molar-refractivity contribution is 6.25. The molecule has 0 aliphatic heterocycles. The highest BCUT2D eigenvalue weighted by Gasteiger charge is 2.67. The fourth-order valence-corrected chi connectivity index (χ4v) is 7.09. The van der Waals surface area contributed by atoms with Crippen LogP contribution >= 0.6 is 0 Å². The average Bonchev–Trinajstić information content (AvgIpc) is 2.75. The largest absolute Gasteiger partial charge is 0.508 e. The van der Waals surface area contributed by atoms with Gasteiger partial charge in [-0.05, 0) is 69.1 Å². The van der Waals surface area contributed by atoms with Crippen LogP contribution in [0, 0.1) is 10.8 Å². The van der Waals surface area contributed by atoms with Crippen molar-refractivity contribution in [3.8, 4) is 5.75 Å². The molecule has 0 heterocycles. The first-order chi connectivity index (χ1) is 16.3. The number of aliphatic hydroxyl groups is 2. The van der Waals surface area contributed by atoms with E-state index in [-0.39, 0.29) is 35.3 Å². The van der Waals surface area contributed by atoms with E-state index in [9.17, 15) is 29.7 Å². The van der Waals surface area contributed by atoms with Crippen molar-refractivity contribution in [2.45, 2.75) is 92.1 Å². The smallest absolute Gasteiger partial charge is 0.206 e. The monoisotopic (exact) mass is 480 g/mol. The normalized spacial score (nSPS) is 30.3. The summed E-state index contributed by atoms with van der Waals surface area (Å²) in [6, 6.07) is 1.99. The molecule has 0 amide bonds. The van der Waals surface area contributed by atoms with Gasteiger partial charge in [0.1, 0.15) is 11.5 Å². The molecule has 3 atom stereocenters. The van der Waals surface area contributed by atoms with Gasteiger partial charge < -0.3 is 15.3 Å². The lowest BCUT2D eigenvalue weighted by molar-refractivity contribution is -0.157. The maximum Gasteiger partial charge on any atom is 0.206 e. The van der Waals surface area contributed by atoms with Crippen molar-refractivity contribution in [2.24, 2.45) is 10.8 Å². The molecule has 1 aromatic carbocycles. The van der Waals surface area contributed by atoms with Crippen LogP contribution in [0.25, 0.3) is 0 Å². The number of aromatic hydroxyl groups is 1. The van der Waals surface area contributed by atoms with Crippen LogP contribution in [0.15, 0.2) is 28.5 Å². The van der Waals surface area contributed by atoms with Crippen LogP contribution in [0.1, 0.15) is 94.3 Å². The third-order valence-corrected chi connectivity index (χ3v) is 8.61. The van der Waals surface area contributed by atoms with Gasteiger partial charge in [-0.3, -0.25) is 14.4 Å². The minimum atomic E-state index is -2.38. The van der Waals surface area contributed by atoms with Crippen molar-refractivity contribution < 1.29 is 29.7 Å². The molecule has 3 aliphatic rings. The van der Waals surface area contributed by atoms with Crippen molar-refractivity contribution in [2.75, 3.05) is 0 Å². The summed E-state index contributed by atoms with van der Waals surface area (Å²) < 4.78 is 0.